The second-order valence-electron chi connectivity index (χ2n) is 4.79. The highest BCUT2D eigenvalue weighted by Gasteiger charge is 2.49. The predicted molar refractivity (Wildman–Crippen MR) is 59.7 cm³/mol. The molecule has 0 N–H and O–H groups in total. The molecular formula is C13H15Cl. The monoisotopic (exact) mass is 206 g/mol. The van der Waals surface area contributed by atoms with Crippen LogP contribution >= 0.6 is 11.6 Å². The van der Waals surface area contributed by atoms with Crippen molar-refractivity contribution in [3.63, 3.8) is 0 Å². The van der Waals surface area contributed by atoms with E-state index in [4.69, 9.17) is 11.6 Å². The molecule has 2 aliphatic carbocycles. The lowest BCUT2D eigenvalue weighted by Crippen LogP contribution is -2.36. The number of rotatable bonds is 2. The zero-order valence-electron chi connectivity index (χ0n) is 8.30. The molecule has 0 amide bonds. The van der Waals surface area contributed by atoms with Crippen LogP contribution in [0.15, 0.2) is 24.3 Å². The van der Waals surface area contributed by atoms with E-state index in [1.54, 1.807) is 0 Å². The van der Waals surface area contributed by atoms with Crippen molar-refractivity contribution >= 4 is 11.6 Å². The van der Waals surface area contributed by atoms with E-state index < -0.39 is 0 Å². The van der Waals surface area contributed by atoms with Crippen LogP contribution < -0.4 is 0 Å². The molecule has 0 unspecified atom stereocenters. The van der Waals surface area contributed by atoms with Crippen LogP contribution in [0.1, 0.15) is 37.7 Å². The Labute approximate surface area is 90.3 Å². The summed E-state index contributed by atoms with van der Waals surface area (Å²) in [6.45, 7) is 0. The van der Waals surface area contributed by atoms with Crippen molar-refractivity contribution in [2.75, 3.05) is 0 Å². The average Bonchev–Trinajstić information content (AvgIpc) is 2.90. The lowest BCUT2D eigenvalue weighted by molar-refractivity contribution is 0.207. The summed E-state index contributed by atoms with van der Waals surface area (Å²) in [5.41, 5.74) is 2.10. The third-order valence-corrected chi connectivity index (χ3v) is 4.28. The summed E-state index contributed by atoms with van der Waals surface area (Å²) in [7, 11) is 0. The first-order valence-electron chi connectivity index (χ1n) is 5.57. The summed E-state index contributed by atoms with van der Waals surface area (Å²) in [6.07, 6.45) is 7.11. The van der Waals surface area contributed by atoms with E-state index in [0.29, 0.717) is 5.41 Å². The lowest BCUT2D eigenvalue weighted by atomic mass is 9.61. The first-order chi connectivity index (χ1) is 6.81. The number of hydrogen-bond donors (Lipinski definition) is 0. The topological polar surface area (TPSA) is 0 Å². The highest BCUT2D eigenvalue weighted by Crippen LogP contribution is 2.58. The molecule has 74 valence electrons. The summed E-state index contributed by atoms with van der Waals surface area (Å²) < 4.78 is 0. The van der Waals surface area contributed by atoms with Gasteiger partial charge in [-0.15, -0.1) is 0 Å². The van der Waals surface area contributed by atoms with Crippen molar-refractivity contribution in [3.8, 4) is 0 Å². The molecule has 0 nitrogen and oxygen atoms in total. The maximum atomic E-state index is 5.92. The molecule has 0 spiro atoms. The van der Waals surface area contributed by atoms with E-state index in [1.807, 2.05) is 12.1 Å². The molecule has 1 heteroatoms. The van der Waals surface area contributed by atoms with Gasteiger partial charge >= 0.3 is 0 Å². The third-order valence-electron chi connectivity index (χ3n) is 4.02. The van der Waals surface area contributed by atoms with Crippen LogP contribution in [-0.2, 0) is 5.41 Å². The van der Waals surface area contributed by atoms with Crippen molar-refractivity contribution in [1.29, 1.82) is 0 Å². The van der Waals surface area contributed by atoms with Gasteiger partial charge in [0, 0.05) is 5.02 Å². The molecule has 0 bridgehead atoms. The van der Waals surface area contributed by atoms with Crippen LogP contribution in [0.25, 0.3) is 0 Å². The SMILES string of the molecule is Clc1ccc(C2(C3CC3)CCC2)cc1. The fourth-order valence-electron chi connectivity index (χ4n) is 2.91. The van der Waals surface area contributed by atoms with Gasteiger partial charge < -0.3 is 0 Å². The maximum Gasteiger partial charge on any atom is 0.0406 e. The van der Waals surface area contributed by atoms with Crippen molar-refractivity contribution in [1.82, 2.24) is 0 Å². The van der Waals surface area contributed by atoms with Gasteiger partial charge in [-0.05, 0) is 54.7 Å². The lowest BCUT2D eigenvalue weighted by Gasteiger charge is -2.43. The second kappa shape index (κ2) is 3.00. The molecule has 0 aromatic heterocycles. The number of hydrogen-bond acceptors (Lipinski definition) is 0. The standard InChI is InChI=1S/C13H15Cl/c14-12-6-4-11(5-7-12)13(8-1-9-13)10-2-3-10/h4-7,10H,1-3,8-9H2. The molecule has 14 heavy (non-hydrogen) atoms. The minimum absolute atomic E-state index is 0.560. The Hall–Kier alpha value is -0.490. The first kappa shape index (κ1) is 8.79. The molecule has 2 fully saturated rings. The van der Waals surface area contributed by atoms with Gasteiger partial charge in [-0.25, -0.2) is 0 Å². The molecular weight excluding hydrogens is 192 g/mol. The van der Waals surface area contributed by atoms with E-state index in [-0.39, 0.29) is 0 Å². The summed E-state index contributed by atoms with van der Waals surface area (Å²) in [5.74, 6) is 0.984. The van der Waals surface area contributed by atoms with Gasteiger partial charge in [0.15, 0.2) is 0 Å². The molecule has 2 saturated carbocycles. The third kappa shape index (κ3) is 1.20. The number of halogens is 1. The molecule has 1 aromatic rings. The molecule has 0 atom stereocenters. The largest absolute Gasteiger partial charge is 0.0843 e. The van der Waals surface area contributed by atoms with Crippen LogP contribution in [-0.4, -0.2) is 0 Å². The summed E-state index contributed by atoms with van der Waals surface area (Å²) in [4.78, 5) is 0. The molecule has 0 radical (unpaired) electrons. The van der Waals surface area contributed by atoms with Gasteiger partial charge in [0.2, 0.25) is 0 Å². The Morgan fingerprint density at radius 2 is 1.71 bits per heavy atom. The second-order valence-corrected chi connectivity index (χ2v) is 5.23. The first-order valence-corrected chi connectivity index (χ1v) is 5.95. The molecule has 1 aromatic carbocycles. The predicted octanol–water partition coefficient (Wildman–Crippen LogP) is 4.17. The summed E-state index contributed by atoms with van der Waals surface area (Å²) in [6, 6.07) is 8.55. The maximum absolute atomic E-state index is 5.92. The minimum atomic E-state index is 0.560. The van der Waals surface area contributed by atoms with Crippen molar-refractivity contribution < 1.29 is 0 Å². The molecule has 0 saturated heterocycles. The summed E-state index contributed by atoms with van der Waals surface area (Å²) >= 11 is 5.92. The van der Waals surface area contributed by atoms with E-state index in [9.17, 15) is 0 Å². The Morgan fingerprint density at radius 3 is 2.14 bits per heavy atom. The van der Waals surface area contributed by atoms with E-state index in [2.05, 4.69) is 12.1 Å². The summed E-state index contributed by atoms with van der Waals surface area (Å²) in [5, 5.41) is 0.860. The quantitative estimate of drug-likeness (QED) is 0.682. The minimum Gasteiger partial charge on any atom is -0.0843 e. The Kier molecular flexibility index (Phi) is 1.88. The molecule has 3 rings (SSSR count). The van der Waals surface area contributed by atoms with Gasteiger partial charge in [0.1, 0.15) is 0 Å². The zero-order valence-corrected chi connectivity index (χ0v) is 9.06. The van der Waals surface area contributed by atoms with E-state index in [1.165, 1.54) is 37.7 Å². The Bertz CT molecular complexity index is 331. The zero-order chi connectivity index (χ0) is 9.60. The van der Waals surface area contributed by atoms with E-state index >= 15 is 0 Å². The van der Waals surface area contributed by atoms with Crippen molar-refractivity contribution in [3.05, 3.63) is 34.9 Å². The van der Waals surface area contributed by atoms with Crippen molar-refractivity contribution in [2.45, 2.75) is 37.5 Å². The molecule has 0 heterocycles. The highest BCUT2D eigenvalue weighted by molar-refractivity contribution is 6.30. The van der Waals surface area contributed by atoms with Gasteiger partial charge in [-0.1, -0.05) is 30.2 Å². The van der Waals surface area contributed by atoms with Crippen LogP contribution in [0, 0.1) is 5.92 Å². The van der Waals surface area contributed by atoms with Gasteiger partial charge in [0.25, 0.3) is 0 Å². The van der Waals surface area contributed by atoms with Crippen LogP contribution in [0.5, 0.6) is 0 Å². The van der Waals surface area contributed by atoms with Crippen LogP contribution in [0.2, 0.25) is 5.02 Å². The molecule has 2 aliphatic rings. The van der Waals surface area contributed by atoms with Gasteiger partial charge in [0.05, 0.1) is 0 Å². The fraction of sp³-hybridized carbons (Fsp3) is 0.538. The Morgan fingerprint density at radius 1 is 1.07 bits per heavy atom. The van der Waals surface area contributed by atoms with E-state index in [0.717, 1.165) is 10.9 Å². The van der Waals surface area contributed by atoms with Crippen LogP contribution in [0.4, 0.5) is 0 Å². The van der Waals surface area contributed by atoms with Gasteiger partial charge in [-0.3, -0.25) is 0 Å². The smallest absolute Gasteiger partial charge is 0.0406 e. The van der Waals surface area contributed by atoms with Crippen molar-refractivity contribution in [2.24, 2.45) is 5.92 Å². The van der Waals surface area contributed by atoms with Gasteiger partial charge in [-0.2, -0.15) is 0 Å². The normalized spacial score (nSPS) is 24.4. The Balaban J connectivity index is 1.95. The fourth-order valence-corrected chi connectivity index (χ4v) is 3.03. The average molecular weight is 207 g/mol. The molecule has 0 aliphatic heterocycles. The highest BCUT2D eigenvalue weighted by atomic mass is 35.5. The number of benzene rings is 1. The van der Waals surface area contributed by atoms with Crippen LogP contribution in [0.3, 0.4) is 0 Å².